The maximum absolute atomic E-state index is 14.0. The Balaban J connectivity index is 1.48. The molecule has 2 aromatic carbocycles. The van der Waals surface area contributed by atoms with Gasteiger partial charge in [0.05, 0.1) is 18.7 Å². The van der Waals surface area contributed by atoms with Crippen LogP contribution in [0.2, 0.25) is 0 Å². The molecule has 38 heavy (non-hydrogen) atoms. The lowest BCUT2D eigenvalue weighted by atomic mass is 10.1. The highest BCUT2D eigenvalue weighted by Gasteiger charge is 2.34. The topological polar surface area (TPSA) is 98.6 Å². The van der Waals surface area contributed by atoms with Crippen LogP contribution in [-0.2, 0) is 27.4 Å². The first-order valence-electron chi connectivity index (χ1n) is 12.7. The van der Waals surface area contributed by atoms with E-state index in [4.69, 9.17) is 9.47 Å². The molecule has 0 unspecified atom stereocenters. The van der Waals surface area contributed by atoms with Gasteiger partial charge in [0.15, 0.2) is 0 Å². The van der Waals surface area contributed by atoms with Crippen LogP contribution in [-0.4, -0.2) is 58.1 Å². The highest BCUT2D eigenvalue weighted by atomic mass is 32.1. The number of aryl methyl sites for hydroxylation is 1. The van der Waals surface area contributed by atoms with E-state index in [-0.39, 0.29) is 31.0 Å². The quantitative estimate of drug-likeness (QED) is 0.332. The van der Waals surface area contributed by atoms with Crippen LogP contribution in [0, 0.1) is 6.92 Å². The average molecular weight is 534 g/mol. The van der Waals surface area contributed by atoms with Crippen molar-refractivity contribution in [3.63, 3.8) is 0 Å². The zero-order valence-corrected chi connectivity index (χ0v) is 22.3. The number of benzene rings is 2. The normalized spacial score (nSPS) is 15.9. The smallest absolute Gasteiger partial charge is 0.248 e. The average Bonchev–Trinajstić information content (AvgIpc) is 3.70. The van der Waals surface area contributed by atoms with Gasteiger partial charge in [0.2, 0.25) is 11.8 Å². The maximum Gasteiger partial charge on any atom is 0.248 e. The van der Waals surface area contributed by atoms with E-state index in [2.05, 4.69) is 15.6 Å². The predicted molar refractivity (Wildman–Crippen MR) is 145 cm³/mol. The summed E-state index contributed by atoms with van der Waals surface area (Å²) in [6.45, 7) is 3.29. The first kappa shape index (κ1) is 25.9. The number of methoxy groups -OCH3 is 1. The molecule has 2 aromatic heterocycles. The van der Waals surface area contributed by atoms with Crippen molar-refractivity contribution >= 4 is 34.2 Å². The Morgan fingerprint density at radius 1 is 1.21 bits per heavy atom. The third-order valence-corrected chi connectivity index (χ3v) is 7.85. The molecule has 2 atom stereocenters. The highest BCUT2D eigenvalue weighted by molar-refractivity contribution is 7.10. The summed E-state index contributed by atoms with van der Waals surface area (Å²) in [6.07, 6.45) is 1.90. The monoisotopic (exact) mass is 533 g/mol. The van der Waals surface area contributed by atoms with E-state index in [1.807, 2.05) is 66.9 Å². The molecule has 3 heterocycles. The van der Waals surface area contributed by atoms with Crippen molar-refractivity contribution < 1.29 is 19.1 Å². The molecule has 9 nitrogen and oxygen atoms in total. The van der Waals surface area contributed by atoms with Crippen molar-refractivity contribution in [2.24, 2.45) is 0 Å². The van der Waals surface area contributed by atoms with Crippen molar-refractivity contribution in [2.45, 2.75) is 45.0 Å². The number of ether oxygens (including phenoxy) is 2. The Morgan fingerprint density at radius 2 is 2.03 bits per heavy atom. The fourth-order valence-electron chi connectivity index (χ4n) is 4.69. The van der Waals surface area contributed by atoms with Crippen LogP contribution < -0.4 is 10.1 Å². The van der Waals surface area contributed by atoms with Gasteiger partial charge in [-0.25, -0.2) is 4.68 Å². The number of thiophene rings is 1. The van der Waals surface area contributed by atoms with Gasteiger partial charge in [-0.15, -0.1) is 16.4 Å². The lowest BCUT2D eigenvalue weighted by Crippen LogP contribution is -2.46. The molecular weight excluding hydrogens is 502 g/mol. The van der Waals surface area contributed by atoms with Crippen LogP contribution in [0.5, 0.6) is 5.75 Å². The third kappa shape index (κ3) is 5.71. The van der Waals surface area contributed by atoms with Crippen molar-refractivity contribution in [3.05, 3.63) is 76.0 Å². The number of aromatic nitrogens is 3. The minimum atomic E-state index is -0.805. The Bertz CT molecular complexity index is 1390. The van der Waals surface area contributed by atoms with E-state index in [9.17, 15) is 9.59 Å². The van der Waals surface area contributed by atoms with Gasteiger partial charge in [-0.2, -0.15) is 0 Å². The number of nitrogens with zero attached hydrogens (tertiary/aromatic N) is 4. The molecule has 1 saturated heterocycles. The molecule has 2 amide bonds. The van der Waals surface area contributed by atoms with Gasteiger partial charge in [-0.3, -0.25) is 9.59 Å². The Morgan fingerprint density at radius 3 is 2.74 bits per heavy atom. The summed E-state index contributed by atoms with van der Waals surface area (Å²) >= 11 is 1.48. The van der Waals surface area contributed by atoms with Crippen molar-refractivity contribution in [1.29, 1.82) is 0 Å². The van der Waals surface area contributed by atoms with Crippen molar-refractivity contribution in [3.8, 4) is 5.75 Å². The molecular formula is C28H31N5O4S. The number of para-hydroxylation sites is 1. The van der Waals surface area contributed by atoms with E-state index < -0.39 is 6.04 Å². The zero-order chi connectivity index (χ0) is 26.5. The van der Waals surface area contributed by atoms with E-state index in [0.29, 0.717) is 18.7 Å². The number of carbonyl (C=O) groups is 2. The molecule has 0 aliphatic carbocycles. The van der Waals surface area contributed by atoms with Crippen LogP contribution in [0.3, 0.4) is 0 Å². The molecule has 0 bridgehead atoms. The summed E-state index contributed by atoms with van der Waals surface area (Å²) in [5.74, 6) is 0.263. The van der Waals surface area contributed by atoms with Gasteiger partial charge in [-0.05, 0) is 66.6 Å². The molecule has 198 valence electrons. The molecule has 4 aromatic rings. The number of hydrogen-bond donors (Lipinski definition) is 1. The van der Waals surface area contributed by atoms with Crippen LogP contribution in [0.15, 0.2) is 60.0 Å². The second kappa shape index (κ2) is 11.7. The van der Waals surface area contributed by atoms with Crippen LogP contribution in [0.1, 0.15) is 34.9 Å². The second-order valence-electron chi connectivity index (χ2n) is 9.36. The highest BCUT2D eigenvalue weighted by Crippen LogP contribution is 2.31. The lowest BCUT2D eigenvalue weighted by Gasteiger charge is -2.31. The molecule has 1 fully saturated rings. The molecule has 1 aliphatic rings. The SMILES string of the molecule is COc1ccc(CN(C(=O)Cn2nnc3ccccc32)[C@H](C(=O)NC[C@@H]2CCCO2)c2sccc2C)cc1. The van der Waals surface area contributed by atoms with Gasteiger partial charge in [0, 0.05) is 24.6 Å². The van der Waals surface area contributed by atoms with Crippen molar-refractivity contribution in [1.82, 2.24) is 25.2 Å². The lowest BCUT2D eigenvalue weighted by molar-refractivity contribution is -0.142. The fourth-order valence-corrected chi connectivity index (χ4v) is 5.72. The van der Waals surface area contributed by atoms with Gasteiger partial charge < -0.3 is 19.7 Å². The summed E-state index contributed by atoms with van der Waals surface area (Å²) in [4.78, 5) is 30.3. The van der Waals surface area contributed by atoms with E-state index in [1.54, 1.807) is 16.7 Å². The van der Waals surface area contributed by atoms with Gasteiger partial charge in [-0.1, -0.05) is 29.5 Å². The summed E-state index contributed by atoms with van der Waals surface area (Å²) in [7, 11) is 1.61. The van der Waals surface area contributed by atoms with Crippen molar-refractivity contribution in [2.75, 3.05) is 20.3 Å². The van der Waals surface area contributed by atoms with Gasteiger partial charge in [0.1, 0.15) is 23.9 Å². The minimum absolute atomic E-state index is 0.00344. The maximum atomic E-state index is 14.0. The fraction of sp³-hybridized carbons (Fsp3) is 0.357. The standard InChI is InChI=1S/C28H31N5O4S/c1-19-13-15-38-27(19)26(28(35)29-16-22-6-5-14-37-22)32(17-20-9-11-21(36-2)12-10-20)25(34)18-33-24-8-4-3-7-23(24)30-31-33/h3-4,7-13,15,22,26H,5-6,14,16-18H2,1-2H3,(H,29,35)/t22-,26-/m0/s1. The van der Waals surface area contributed by atoms with Gasteiger partial charge >= 0.3 is 0 Å². The van der Waals surface area contributed by atoms with E-state index >= 15 is 0 Å². The summed E-state index contributed by atoms with van der Waals surface area (Å²) in [6, 6.07) is 16.2. The molecule has 0 radical (unpaired) electrons. The Hall–Kier alpha value is -3.76. The zero-order valence-electron chi connectivity index (χ0n) is 21.5. The third-order valence-electron chi connectivity index (χ3n) is 6.78. The summed E-state index contributed by atoms with van der Waals surface area (Å²) < 4.78 is 12.6. The first-order valence-corrected chi connectivity index (χ1v) is 13.6. The number of fused-ring (bicyclic) bond motifs is 1. The van der Waals surface area contributed by atoms with Crippen LogP contribution >= 0.6 is 11.3 Å². The van der Waals surface area contributed by atoms with E-state index in [1.165, 1.54) is 11.3 Å². The molecule has 5 rings (SSSR count). The number of rotatable bonds is 10. The van der Waals surface area contributed by atoms with E-state index in [0.717, 1.165) is 40.1 Å². The molecule has 1 aliphatic heterocycles. The number of hydrogen-bond acceptors (Lipinski definition) is 7. The molecule has 0 spiro atoms. The van der Waals surface area contributed by atoms with Crippen LogP contribution in [0.25, 0.3) is 11.0 Å². The molecule has 10 heteroatoms. The summed E-state index contributed by atoms with van der Waals surface area (Å²) in [5.41, 5.74) is 3.32. The first-order chi connectivity index (χ1) is 18.5. The molecule has 1 N–H and O–H groups in total. The predicted octanol–water partition coefficient (Wildman–Crippen LogP) is 3.88. The Kier molecular flexibility index (Phi) is 8.00. The number of amides is 2. The Labute approximate surface area is 225 Å². The van der Waals surface area contributed by atoms with Gasteiger partial charge in [0.25, 0.3) is 0 Å². The largest absolute Gasteiger partial charge is 0.497 e. The number of carbonyl (C=O) groups excluding carboxylic acids is 2. The second-order valence-corrected chi connectivity index (χ2v) is 10.3. The minimum Gasteiger partial charge on any atom is -0.497 e. The number of nitrogens with one attached hydrogen (secondary N) is 1. The summed E-state index contributed by atoms with van der Waals surface area (Å²) in [5, 5.41) is 13.4. The van der Waals surface area contributed by atoms with Crippen LogP contribution in [0.4, 0.5) is 0 Å². The molecule has 0 saturated carbocycles.